The standard InChI is InChI=1S/C19H18FNO2S/c1-13-16-5-2-3-6-17(16)23-18(13)19(22)21-11-4-12-24-15-9-7-14(20)8-10-15/h2-3,5-10H,4,11-12H2,1H3,(H,21,22). The van der Waals surface area contributed by atoms with Crippen molar-refractivity contribution in [3.8, 4) is 0 Å². The Labute approximate surface area is 144 Å². The number of nitrogens with one attached hydrogen (secondary N) is 1. The number of thioether (sulfide) groups is 1. The van der Waals surface area contributed by atoms with Gasteiger partial charge in [0.25, 0.3) is 5.91 Å². The molecule has 0 fully saturated rings. The lowest BCUT2D eigenvalue weighted by Gasteiger charge is -2.04. The van der Waals surface area contributed by atoms with Crippen molar-refractivity contribution >= 4 is 28.6 Å². The molecule has 1 N–H and O–H groups in total. The predicted octanol–water partition coefficient (Wildman–Crippen LogP) is 4.79. The fourth-order valence-electron chi connectivity index (χ4n) is 2.47. The van der Waals surface area contributed by atoms with Gasteiger partial charge in [-0.1, -0.05) is 18.2 Å². The highest BCUT2D eigenvalue weighted by molar-refractivity contribution is 7.99. The number of amides is 1. The third-order valence-corrected chi connectivity index (χ3v) is 4.84. The van der Waals surface area contributed by atoms with E-state index in [2.05, 4.69) is 5.32 Å². The predicted molar refractivity (Wildman–Crippen MR) is 95.0 cm³/mol. The zero-order valence-corrected chi connectivity index (χ0v) is 14.2. The molecular formula is C19H18FNO2S. The summed E-state index contributed by atoms with van der Waals surface area (Å²) in [5.41, 5.74) is 1.59. The summed E-state index contributed by atoms with van der Waals surface area (Å²) >= 11 is 1.64. The number of halogens is 1. The highest BCUT2D eigenvalue weighted by Gasteiger charge is 2.16. The average Bonchev–Trinajstić information content (AvgIpc) is 2.93. The van der Waals surface area contributed by atoms with Crippen molar-refractivity contribution < 1.29 is 13.6 Å². The van der Waals surface area contributed by atoms with Crippen LogP contribution in [0.3, 0.4) is 0 Å². The van der Waals surface area contributed by atoms with Gasteiger partial charge in [-0.15, -0.1) is 11.8 Å². The highest BCUT2D eigenvalue weighted by atomic mass is 32.2. The molecule has 0 aliphatic rings. The Morgan fingerprint density at radius 1 is 1.17 bits per heavy atom. The maximum absolute atomic E-state index is 12.8. The maximum Gasteiger partial charge on any atom is 0.287 e. The van der Waals surface area contributed by atoms with Gasteiger partial charge in [-0.3, -0.25) is 4.79 Å². The van der Waals surface area contributed by atoms with Gasteiger partial charge < -0.3 is 9.73 Å². The fourth-order valence-corrected chi connectivity index (χ4v) is 3.32. The monoisotopic (exact) mass is 343 g/mol. The summed E-state index contributed by atoms with van der Waals surface area (Å²) in [4.78, 5) is 13.3. The molecule has 0 aliphatic heterocycles. The van der Waals surface area contributed by atoms with E-state index in [-0.39, 0.29) is 11.7 Å². The van der Waals surface area contributed by atoms with Crippen molar-refractivity contribution in [3.05, 3.63) is 65.7 Å². The number of hydrogen-bond acceptors (Lipinski definition) is 3. The summed E-state index contributed by atoms with van der Waals surface area (Å²) in [5, 5.41) is 3.86. The molecule has 1 amide bonds. The van der Waals surface area contributed by atoms with Gasteiger partial charge in [0.2, 0.25) is 0 Å². The van der Waals surface area contributed by atoms with Crippen LogP contribution in [-0.2, 0) is 0 Å². The van der Waals surface area contributed by atoms with Crippen molar-refractivity contribution in [2.24, 2.45) is 0 Å². The van der Waals surface area contributed by atoms with E-state index < -0.39 is 0 Å². The van der Waals surface area contributed by atoms with Crippen molar-refractivity contribution in [1.29, 1.82) is 0 Å². The molecule has 1 aromatic heterocycles. The van der Waals surface area contributed by atoms with Crippen LogP contribution in [0, 0.1) is 12.7 Å². The molecule has 0 saturated carbocycles. The summed E-state index contributed by atoms with van der Waals surface area (Å²) in [6.07, 6.45) is 0.826. The lowest BCUT2D eigenvalue weighted by molar-refractivity contribution is 0.0927. The van der Waals surface area contributed by atoms with Gasteiger partial charge in [-0.25, -0.2) is 4.39 Å². The van der Waals surface area contributed by atoms with Gasteiger partial charge in [0.15, 0.2) is 5.76 Å². The summed E-state index contributed by atoms with van der Waals surface area (Å²) in [6, 6.07) is 14.1. The van der Waals surface area contributed by atoms with Gasteiger partial charge in [-0.2, -0.15) is 0 Å². The molecule has 5 heteroatoms. The maximum atomic E-state index is 12.8. The van der Waals surface area contributed by atoms with E-state index in [1.54, 1.807) is 23.9 Å². The molecule has 2 aromatic carbocycles. The van der Waals surface area contributed by atoms with E-state index in [1.807, 2.05) is 31.2 Å². The first-order valence-corrected chi connectivity index (χ1v) is 8.78. The molecule has 3 rings (SSSR count). The Bertz CT molecular complexity index is 842. The van der Waals surface area contributed by atoms with Crippen LogP contribution in [0.25, 0.3) is 11.0 Å². The van der Waals surface area contributed by atoms with E-state index in [4.69, 9.17) is 4.42 Å². The number of carbonyl (C=O) groups is 1. The Kier molecular flexibility index (Phi) is 5.20. The lowest BCUT2D eigenvalue weighted by atomic mass is 10.1. The number of furan rings is 1. The van der Waals surface area contributed by atoms with Crippen LogP contribution in [0.4, 0.5) is 4.39 Å². The molecule has 124 valence electrons. The largest absolute Gasteiger partial charge is 0.451 e. The van der Waals surface area contributed by atoms with Crippen LogP contribution < -0.4 is 5.32 Å². The minimum Gasteiger partial charge on any atom is -0.451 e. The van der Waals surface area contributed by atoms with Gasteiger partial charge in [0, 0.05) is 22.4 Å². The summed E-state index contributed by atoms with van der Waals surface area (Å²) < 4.78 is 18.5. The number of para-hydroxylation sites is 1. The SMILES string of the molecule is Cc1c(C(=O)NCCCSc2ccc(F)cc2)oc2ccccc12. The minimum absolute atomic E-state index is 0.185. The number of carbonyl (C=O) groups excluding carboxylic acids is 1. The van der Waals surface area contributed by atoms with Crippen LogP contribution in [0.1, 0.15) is 22.5 Å². The second kappa shape index (κ2) is 7.53. The van der Waals surface area contributed by atoms with Crippen LogP contribution in [0.5, 0.6) is 0 Å². The van der Waals surface area contributed by atoms with Crippen LogP contribution >= 0.6 is 11.8 Å². The van der Waals surface area contributed by atoms with Gasteiger partial charge in [-0.05, 0) is 49.4 Å². The van der Waals surface area contributed by atoms with E-state index in [0.29, 0.717) is 12.3 Å². The number of aryl methyl sites for hydroxylation is 1. The van der Waals surface area contributed by atoms with E-state index in [9.17, 15) is 9.18 Å². The average molecular weight is 343 g/mol. The third kappa shape index (κ3) is 3.79. The zero-order valence-electron chi connectivity index (χ0n) is 13.3. The third-order valence-electron chi connectivity index (χ3n) is 3.74. The van der Waals surface area contributed by atoms with Crippen molar-refractivity contribution in [3.63, 3.8) is 0 Å². The first kappa shape index (κ1) is 16.6. The molecule has 3 aromatic rings. The van der Waals surface area contributed by atoms with Gasteiger partial charge in [0.1, 0.15) is 11.4 Å². The van der Waals surface area contributed by atoms with E-state index >= 15 is 0 Å². The molecule has 0 saturated heterocycles. The number of fused-ring (bicyclic) bond motifs is 1. The molecule has 1 heterocycles. The lowest BCUT2D eigenvalue weighted by Crippen LogP contribution is -2.24. The van der Waals surface area contributed by atoms with Crippen molar-refractivity contribution in [1.82, 2.24) is 5.32 Å². The normalized spacial score (nSPS) is 10.9. The van der Waals surface area contributed by atoms with Crippen LogP contribution in [0.2, 0.25) is 0 Å². The second-order valence-electron chi connectivity index (χ2n) is 5.46. The quantitative estimate of drug-likeness (QED) is 0.517. The Morgan fingerprint density at radius 2 is 1.92 bits per heavy atom. The first-order valence-electron chi connectivity index (χ1n) is 7.80. The Hall–Kier alpha value is -2.27. The molecule has 0 aliphatic carbocycles. The second-order valence-corrected chi connectivity index (χ2v) is 6.63. The zero-order chi connectivity index (χ0) is 16.9. The van der Waals surface area contributed by atoms with E-state index in [1.165, 1.54) is 12.1 Å². The fraction of sp³-hybridized carbons (Fsp3) is 0.211. The molecule has 0 radical (unpaired) electrons. The number of hydrogen-bond donors (Lipinski definition) is 1. The number of rotatable bonds is 6. The first-order chi connectivity index (χ1) is 11.6. The Morgan fingerprint density at radius 3 is 2.67 bits per heavy atom. The van der Waals surface area contributed by atoms with Crippen molar-refractivity contribution in [2.45, 2.75) is 18.2 Å². The van der Waals surface area contributed by atoms with Crippen molar-refractivity contribution in [2.75, 3.05) is 12.3 Å². The highest BCUT2D eigenvalue weighted by Crippen LogP contribution is 2.24. The number of benzene rings is 2. The molecule has 0 spiro atoms. The van der Waals surface area contributed by atoms with Gasteiger partial charge >= 0.3 is 0 Å². The molecular weight excluding hydrogens is 325 g/mol. The summed E-state index contributed by atoms with van der Waals surface area (Å²) in [5.74, 6) is 0.816. The summed E-state index contributed by atoms with van der Waals surface area (Å²) in [6.45, 7) is 2.47. The van der Waals surface area contributed by atoms with E-state index in [0.717, 1.165) is 33.6 Å². The molecule has 24 heavy (non-hydrogen) atoms. The Balaban J connectivity index is 1.48. The molecule has 0 atom stereocenters. The van der Waals surface area contributed by atoms with Crippen LogP contribution in [-0.4, -0.2) is 18.2 Å². The smallest absolute Gasteiger partial charge is 0.287 e. The van der Waals surface area contributed by atoms with Gasteiger partial charge in [0.05, 0.1) is 0 Å². The summed E-state index contributed by atoms with van der Waals surface area (Å²) in [7, 11) is 0. The minimum atomic E-state index is -0.229. The topological polar surface area (TPSA) is 42.2 Å². The molecule has 0 bridgehead atoms. The van der Waals surface area contributed by atoms with Crippen LogP contribution in [0.15, 0.2) is 57.8 Å². The molecule has 0 unspecified atom stereocenters. The molecule has 3 nitrogen and oxygen atoms in total.